The molecule has 0 radical (unpaired) electrons. The van der Waals surface area contributed by atoms with E-state index >= 15 is 0 Å². The van der Waals surface area contributed by atoms with Crippen LogP contribution in [0.5, 0.6) is 0 Å². The number of nitrogens with one attached hydrogen (secondary N) is 1. The molecule has 2 aromatic rings. The Hall–Kier alpha value is -3.59. The van der Waals surface area contributed by atoms with Gasteiger partial charge in [-0.05, 0) is 18.2 Å². The number of nitro groups is 2. The highest BCUT2D eigenvalue weighted by Gasteiger charge is 2.39. The molecule has 2 rings (SSSR count). The number of alkyl halides is 9. The van der Waals surface area contributed by atoms with E-state index < -0.39 is 67.8 Å². The normalized spacial score (nSPS) is 12.5. The van der Waals surface area contributed by atoms with Gasteiger partial charge >= 0.3 is 18.5 Å². The average Bonchev–Trinajstić information content (AvgIpc) is 2.58. The zero-order chi connectivity index (χ0) is 23.9. The Kier molecular flexibility index (Phi) is 5.80. The van der Waals surface area contributed by atoms with Crippen LogP contribution < -0.4 is 5.32 Å². The third-order valence-electron chi connectivity index (χ3n) is 3.67. The number of hydrogen-bond acceptors (Lipinski definition) is 5. The summed E-state index contributed by atoms with van der Waals surface area (Å²) in [6, 6.07) is -0.456. The third kappa shape index (κ3) is 5.32. The third-order valence-corrected chi connectivity index (χ3v) is 3.67. The van der Waals surface area contributed by atoms with Crippen LogP contribution in [0.1, 0.15) is 16.7 Å². The first-order valence-corrected chi connectivity index (χ1v) is 7.52. The van der Waals surface area contributed by atoms with Gasteiger partial charge in [0.25, 0.3) is 11.4 Å². The number of nitro benzene ring substituents is 2. The van der Waals surface area contributed by atoms with Gasteiger partial charge < -0.3 is 5.32 Å². The maximum absolute atomic E-state index is 12.9. The number of hydrogen-bond donors (Lipinski definition) is 1. The van der Waals surface area contributed by atoms with Crippen molar-refractivity contribution in [2.75, 3.05) is 5.32 Å². The molecule has 0 aliphatic rings. The van der Waals surface area contributed by atoms with Gasteiger partial charge in [-0.2, -0.15) is 39.5 Å². The van der Waals surface area contributed by atoms with E-state index in [1.165, 1.54) is 0 Å². The zero-order valence-corrected chi connectivity index (χ0v) is 14.3. The summed E-state index contributed by atoms with van der Waals surface area (Å²) in [4.78, 5) is 19.2. The SMILES string of the molecule is O=[N+]([O-])c1cc(C(F)(F)F)cc([N+](=O)[O-])c1Nc1cc(C(F)(F)F)cc(C(F)(F)F)c1. The summed E-state index contributed by atoms with van der Waals surface area (Å²) in [5.74, 6) is 0. The van der Waals surface area contributed by atoms with Gasteiger partial charge in [-0.1, -0.05) is 0 Å². The molecule has 0 fully saturated rings. The second-order valence-corrected chi connectivity index (χ2v) is 5.82. The summed E-state index contributed by atoms with van der Waals surface area (Å²) in [5, 5.41) is 23.9. The lowest BCUT2D eigenvalue weighted by Gasteiger charge is -2.16. The summed E-state index contributed by atoms with van der Waals surface area (Å²) >= 11 is 0. The lowest BCUT2D eigenvalue weighted by atomic mass is 10.1. The highest BCUT2D eigenvalue weighted by Crippen LogP contribution is 2.44. The van der Waals surface area contributed by atoms with E-state index in [4.69, 9.17) is 0 Å². The highest BCUT2D eigenvalue weighted by molar-refractivity contribution is 5.80. The molecule has 0 aliphatic heterocycles. The van der Waals surface area contributed by atoms with Crippen molar-refractivity contribution >= 4 is 22.7 Å². The summed E-state index contributed by atoms with van der Waals surface area (Å²) in [7, 11) is 0. The minimum Gasteiger partial charge on any atom is -0.344 e. The molecule has 31 heavy (non-hydrogen) atoms. The first-order valence-electron chi connectivity index (χ1n) is 7.52. The molecule has 1 N–H and O–H groups in total. The van der Waals surface area contributed by atoms with E-state index in [9.17, 15) is 59.7 Å². The van der Waals surface area contributed by atoms with Crippen LogP contribution in [0.3, 0.4) is 0 Å². The van der Waals surface area contributed by atoms with Crippen LogP contribution >= 0.6 is 0 Å². The maximum atomic E-state index is 12.9. The van der Waals surface area contributed by atoms with E-state index in [1.807, 2.05) is 0 Å². The smallest absolute Gasteiger partial charge is 0.344 e. The summed E-state index contributed by atoms with van der Waals surface area (Å²) < 4.78 is 116. The topological polar surface area (TPSA) is 98.3 Å². The van der Waals surface area contributed by atoms with Crippen molar-refractivity contribution < 1.29 is 49.4 Å². The fraction of sp³-hybridized carbons (Fsp3) is 0.200. The molecule has 0 aliphatic carbocycles. The summed E-state index contributed by atoms with van der Waals surface area (Å²) in [5.41, 5.74) is -11.2. The van der Waals surface area contributed by atoms with Crippen LogP contribution in [0, 0.1) is 20.2 Å². The predicted molar refractivity (Wildman–Crippen MR) is 84.5 cm³/mol. The molecule has 2 aromatic carbocycles. The van der Waals surface area contributed by atoms with Crippen molar-refractivity contribution in [2.24, 2.45) is 0 Å². The molecule has 0 heterocycles. The molecule has 0 amide bonds. The quantitative estimate of drug-likeness (QED) is 0.326. The van der Waals surface area contributed by atoms with Crippen molar-refractivity contribution in [1.29, 1.82) is 0 Å². The molecular formula is C15H6F9N3O4. The second kappa shape index (κ2) is 7.59. The highest BCUT2D eigenvalue weighted by atomic mass is 19.4. The standard InChI is InChI=1S/C15H6F9N3O4/c16-13(17,18)6-1-7(14(19,20)21)3-9(2-6)25-12-10(26(28)29)4-8(15(22,23)24)5-11(12)27(30)31/h1-5,25H. The Bertz CT molecular complexity index is 978. The molecule has 0 unspecified atom stereocenters. The molecular weight excluding hydrogens is 457 g/mol. The Morgan fingerprint density at radius 2 is 0.935 bits per heavy atom. The molecule has 0 aromatic heterocycles. The van der Waals surface area contributed by atoms with E-state index in [-0.39, 0.29) is 30.3 Å². The fourth-order valence-electron chi connectivity index (χ4n) is 2.36. The summed E-state index contributed by atoms with van der Waals surface area (Å²) in [6.45, 7) is 0. The summed E-state index contributed by atoms with van der Waals surface area (Å²) in [6.07, 6.45) is -15.9. The van der Waals surface area contributed by atoms with Crippen LogP contribution in [-0.4, -0.2) is 9.85 Å². The number of benzene rings is 2. The van der Waals surface area contributed by atoms with Gasteiger partial charge in [-0.15, -0.1) is 0 Å². The Balaban J connectivity index is 2.78. The number of anilines is 2. The largest absolute Gasteiger partial charge is 0.416 e. The molecule has 0 saturated heterocycles. The molecule has 0 spiro atoms. The Morgan fingerprint density at radius 1 is 0.613 bits per heavy atom. The molecule has 0 saturated carbocycles. The van der Waals surface area contributed by atoms with Crippen LogP contribution in [0.4, 0.5) is 62.3 Å². The van der Waals surface area contributed by atoms with Crippen LogP contribution in [-0.2, 0) is 18.5 Å². The number of nitrogens with zero attached hydrogens (tertiary/aromatic N) is 2. The van der Waals surface area contributed by atoms with Crippen LogP contribution in [0.15, 0.2) is 30.3 Å². The van der Waals surface area contributed by atoms with Gasteiger partial charge in [-0.25, -0.2) is 0 Å². The van der Waals surface area contributed by atoms with E-state index in [1.54, 1.807) is 5.32 Å². The van der Waals surface area contributed by atoms with E-state index in [0.717, 1.165) is 0 Å². The molecule has 7 nitrogen and oxygen atoms in total. The lowest BCUT2D eigenvalue weighted by Crippen LogP contribution is -2.12. The van der Waals surface area contributed by atoms with Crippen molar-refractivity contribution in [2.45, 2.75) is 18.5 Å². The first kappa shape index (κ1) is 23.7. The van der Waals surface area contributed by atoms with E-state index in [0.29, 0.717) is 0 Å². The Labute approximate surface area is 164 Å². The predicted octanol–water partition coefficient (Wildman–Crippen LogP) is 6.30. The average molecular weight is 463 g/mol. The molecule has 0 atom stereocenters. The second-order valence-electron chi connectivity index (χ2n) is 5.82. The van der Waals surface area contributed by atoms with Gasteiger partial charge in [0.15, 0.2) is 5.69 Å². The van der Waals surface area contributed by atoms with Crippen LogP contribution in [0.2, 0.25) is 0 Å². The lowest BCUT2D eigenvalue weighted by molar-refractivity contribution is -0.392. The van der Waals surface area contributed by atoms with Crippen molar-refractivity contribution in [3.63, 3.8) is 0 Å². The zero-order valence-electron chi connectivity index (χ0n) is 14.3. The Morgan fingerprint density at radius 3 is 1.23 bits per heavy atom. The first-order chi connectivity index (χ1) is 13.9. The van der Waals surface area contributed by atoms with Crippen molar-refractivity contribution in [3.05, 3.63) is 67.3 Å². The van der Waals surface area contributed by atoms with Gasteiger partial charge in [0.1, 0.15) is 0 Å². The fourth-order valence-corrected chi connectivity index (χ4v) is 2.36. The molecule has 0 bridgehead atoms. The number of rotatable bonds is 4. The van der Waals surface area contributed by atoms with Gasteiger partial charge in [0.2, 0.25) is 0 Å². The van der Waals surface area contributed by atoms with E-state index in [2.05, 4.69) is 0 Å². The van der Waals surface area contributed by atoms with Gasteiger partial charge in [0, 0.05) is 17.8 Å². The van der Waals surface area contributed by atoms with Crippen molar-refractivity contribution in [1.82, 2.24) is 0 Å². The van der Waals surface area contributed by atoms with Gasteiger partial charge in [0.05, 0.1) is 26.5 Å². The minimum absolute atomic E-state index is 0.0559. The van der Waals surface area contributed by atoms with Crippen molar-refractivity contribution in [3.8, 4) is 0 Å². The van der Waals surface area contributed by atoms with Gasteiger partial charge in [-0.3, -0.25) is 20.2 Å². The molecule has 16 heteroatoms. The minimum atomic E-state index is -5.31. The monoisotopic (exact) mass is 463 g/mol. The van der Waals surface area contributed by atoms with Crippen LogP contribution in [0.25, 0.3) is 0 Å². The maximum Gasteiger partial charge on any atom is 0.416 e. The molecule has 168 valence electrons. The number of halogens is 9.